The van der Waals surface area contributed by atoms with E-state index in [2.05, 4.69) is 30.6 Å². The zero-order chi connectivity index (χ0) is 17.8. The molecule has 0 fully saturated rings. The van der Waals surface area contributed by atoms with Gasteiger partial charge in [0.2, 0.25) is 11.9 Å². The molecule has 25 heavy (non-hydrogen) atoms. The van der Waals surface area contributed by atoms with Crippen molar-refractivity contribution in [3.63, 3.8) is 0 Å². The zero-order valence-electron chi connectivity index (χ0n) is 13.9. The molecule has 3 aromatic rings. The molecule has 0 bridgehead atoms. The third-order valence-corrected chi connectivity index (χ3v) is 3.13. The number of nitrogens with one attached hydrogen (secondary N) is 2. The Morgan fingerprint density at radius 1 is 0.960 bits per heavy atom. The van der Waals surface area contributed by atoms with E-state index in [1.54, 1.807) is 30.3 Å². The van der Waals surface area contributed by atoms with Crippen molar-refractivity contribution in [1.29, 1.82) is 0 Å². The number of rotatable bonds is 5. The Hall–Kier alpha value is -3.29. The predicted molar refractivity (Wildman–Crippen MR) is 95.9 cm³/mol. The normalized spacial score (nSPS) is 10.7. The smallest absolute Gasteiger partial charge is 0.232 e. The summed E-state index contributed by atoms with van der Waals surface area (Å²) in [4.78, 5) is 17.3. The largest absolute Gasteiger partial charge is 0.384 e. The number of nitrogens with two attached hydrogens (primary N) is 1. The van der Waals surface area contributed by atoms with Crippen molar-refractivity contribution in [2.75, 3.05) is 16.4 Å². The van der Waals surface area contributed by atoms with Gasteiger partial charge in [-0.25, -0.2) is 9.37 Å². The van der Waals surface area contributed by atoms with Gasteiger partial charge in [-0.15, -0.1) is 0 Å². The highest BCUT2D eigenvalue weighted by atomic mass is 19.1. The highest BCUT2D eigenvalue weighted by molar-refractivity contribution is 5.59. The fraction of sp³-hybridized carbons (Fsp3) is 0.176. The van der Waals surface area contributed by atoms with E-state index >= 15 is 0 Å². The standard InChI is InChI=1S/C17H18FN7/c1-10(2)20-16-23-15(13-7-4-8-14(19)22-13)24-17(25-16)21-12-6-3-5-11(18)9-12/h3-10H,1-2H3,(H2,19,22)(H2,20,21,23,24,25). The van der Waals surface area contributed by atoms with Gasteiger partial charge in [0.15, 0.2) is 5.82 Å². The molecule has 0 spiro atoms. The van der Waals surface area contributed by atoms with Crippen molar-refractivity contribution in [3.05, 3.63) is 48.3 Å². The Kier molecular flexibility index (Phi) is 4.69. The fourth-order valence-electron chi connectivity index (χ4n) is 2.14. The molecule has 7 nitrogen and oxygen atoms in total. The van der Waals surface area contributed by atoms with Gasteiger partial charge in [-0.2, -0.15) is 15.0 Å². The third-order valence-electron chi connectivity index (χ3n) is 3.13. The van der Waals surface area contributed by atoms with Crippen LogP contribution in [0.1, 0.15) is 13.8 Å². The summed E-state index contributed by atoms with van der Waals surface area (Å²) in [5.74, 6) is 1.06. The molecule has 0 saturated carbocycles. The summed E-state index contributed by atoms with van der Waals surface area (Å²) in [6.07, 6.45) is 0. The number of halogens is 1. The molecule has 0 unspecified atom stereocenters. The van der Waals surface area contributed by atoms with Gasteiger partial charge < -0.3 is 16.4 Å². The SMILES string of the molecule is CC(C)Nc1nc(Nc2cccc(F)c2)nc(-c2cccc(N)n2)n1. The molecule has 0 radical (unpaired) electrons. The highest BCUT2D eigenvalue weighted by Gasteiger charge is 2.11. The summed E-state index contributed by atoms with van der Waals surface area (Å²) < 4.78 is 13.4. The molecule has 0 aliphatic heterocycles. The monoisotopic (exact) mass is 339 g/mol. The first-order chi connectivity index (χ1) is 12.0. The number of benzene rings is 1. The first kappa shape index (κ1) is 16.6. The van der Waals surface area contributed by atoms with Crippen molar-refractivity contribution in [3.8, 4) is 11.5 Å². The lowest BCUT2D eigenvalue weighted by Crippen LogP contribution is -2.14. The van der Waals surface area contributed by atoms with E-state index in [0.29, 0.717) is 29.0 Å². The lowest BCUT2D eigenvalue weighted by atomic mass is 10.3. The molecule has 2 aromatic heterocycles. The van der Waals surface area contributed by atoms with Crippen molar-refractivity contribution in [2.45, 2.75) is 19.9 Å². The maximum absolute atomic E-state index is 13.4. The van der Waals surface area contributed by atoms with E-state index in [0.717, 1.165) is 0 Å². The molecule has 0 aliphatic rings. The maximum Gasteiger partial charge on any atom is 0.232 e. The van der Waals surface area contributed by atoms with Gasteiger partial charge in [-0.05, 0) is 44.2 Å². The van der Waals surface area contributed by atoms with Gasteiger partial charge in [-0.1, -0.05) is 12.1 Å². The third kappa shape index (κ3) is 4.37. The minimum absolute atomic E-state index is 0.131. The average Bonchev–Trinajstić information content (AvgIpc) is 2.54. The van der Waals surface area contributed by atoms with Crippen LogP contribution >= 0.6 is 0 Å². The Bertz CT molecular complexity index is 882. The minimum atomic E-state index is -0.350. The molecule has 128 valence electrons. The number of anilines is 4. The van der Waals surface area contributed by atoms with Crippen LogP contribution in [0.2, 0.25) is 0 Å². The molecule has 0 saturated heterocycles. The number of nitrogen functional groups attached to an aromatic ring is 1. The van der Waals surface area contributed by atoms with E-state index in [9.17, 15) is 4.39 Å². The summed E-state index contributed by atoms with van der Waals surface area (Å²) in [5, 5.41) is 6.11. The molecule has 2 heterocycles. The van der Waals surface area contributed by atoms with Gasteiger partial charge in [0.05, 0.1) is 0 Å². The van der Waals surface area contributed by atoms with E-state index in [-0.39, 0.29) is 17.8 Å². The van der Waals surface area contributed by atoms with E-state index in [1.807, 2.05) is 13.8 Å². The number of hydrogen-bond acceptors (Lipinski definition) is 7. The van der Waals surface area contributed by atoms with Crippen molar-refractivity contribution < 1.29 is 4.39 Å². The van der Waals surface area contributed by atoms with Crippen molar-refractivity contribution in [1.82, 2.24) is 19.9 Å². The van der Waals surface area contributed by atoms with Crippen LogP contribution in [0.5, 0.6) is 0 Å². The Balaban J connectivity index is 2.00. The average molecular weight is 339 g/mol. The maximum atomic E-state index is 13.4. The van der Waals surface area contributed by atoms with Crippen LogP contribution in [-0.4, -0.2) is 26.0 Å². The molecule has 3 rings (SSSR count). The topological polar surface area (TPSA) is 102 Å². The zero-order valence-corrected chi connectivity index (χ0v) is 13.9. The summed E-state index contributed by atoms with van der Waals surface area (Å²) >= 11 is 0. The molecule has 8 heteroatoms. The molecule has 0 amide bonds. The summed E-state index contributed by atoms with van der Waals surface area (Å²) in [7, 11) is 0. The van der Waals surface area contributed by atoms with Crippen LogP contribution in [0.4, 0.5) is 27.8 Å². The highest BCUT2D eigenvalue weighted by Crippen LogP contribution is 2.20. The van der Waals surface area contributed by atoms with Gasteiger partial charge in [0.1, 0.15) is 17.3 Å². The van der Waals surface area contributed by atoms with Gasteiger partial charge >= 0.3 is 0 Å². The fourth-order valence-corrected chi connectivity index (χ4v) is 2.14. The Labute approximate surface area is 144 Å². The lowest BCUT2D eigenvalue weighted by Gasteiger charge is -2.12. The van der Waals surface area contributed by atoms with Crippen LogP contribution < -0.4 is 16.4 Å². The minimum Gasteiger partial charge on any atom is -0.384 e. The lowest BCUT2D eigenvalue weighted by molar-refractivity contribution is 0.628. The second-order valence-electron chi connectivity index (χ2n) is 5.69. The first-order valence-corrected chi connectivity index (χ1v) is 7.78. The Morgan fingerprint density at radius 3 is 2.44 bits per heavy atom. The van der Waals surface area contributed by atoms with Crippen LogP contribution in [0.25, 0.3) is 11.5 Å². The number of aromatic nitrogens is 4. The second-order valence-corrected chi connectivity index (χ2v) is 5.69. The van der Waals surface area contributed by atoms with Crippen molar-refractivity contribution in [2.24, 2.45) is 0 Å². The number of hydrogen-bond donors (Lipinski definition) is 3. The molecule has 1 aromatic carbocycles. The van der Waals surface area contributed by atoms with E-state index in [1.165, 1.54) is 12.1 Å². The molecular weight excluding hydrogens is 321 g/mol. The van der Waals surface area contributed by atoms with Gasteiger partial charge in [0, 0.05) is 11.7 Å². The predicted octanol–water partition coefficient (Wildman–Crippen LogP) is 3.22. The summed E-state index contributed by atoms with van der Waals surface area (Å²) in [5.41, 5.74) is 6.80. The molecule has 4 N–H and O–H groups in total. The molecule has 0 atom stereocenters. The number of pyridine rings is 1. The van der Waals surface area contributed by atoms with E-state index < -0.39 is 0 Å². The first-order valence-electron chi connectivity index (χ1n) is 7.78. The number of nitrogens with zero attached hydrogens (tertiary/aromatic N) is 4. The van der Waals surface area contributed by atoms with Crippen LogP contribution in [0, 0.1) is 5.82 Å². The second kappa shape index (κ2) is 7.08. The van der Waals surface area contributed by atoms with Gasteiger partial charge in [-0.3, -0.25) is 0 Å². The van der Waals surface area contributed by atoms with E-state index in [4.69, 9.17) is 5.73 Å². The van der Waals surface area contributed by atoms with Crippen LogP contribution in [0.15, 0.2) is 42.5 Å². The summed E-state index contributed by atoms with van der Waals surface area (Å²) in [6.45, 7) is 3.95. The molecular formula is C17H18FN7. The van der Waals surface area contributed by atoms with Crippen LogP contribution in [0.3, 0.4) is 0 Å². The summed E-state index contributed by atoms with van der Waals surface area (Å²) in [6, 6.07) is 11.4. The quantitative estimate of drug-likeness (QED) is 0.656. The Morgan fingerprint density at radius 2 is 1.72 bits per heavy atom. The van der Waals surface area contributed by atoms with Crippen molar-refractivity contribution >= 4 is 23.4 Å². The van der Waals surface area contributed by atoms with Crippen LogP contribution in [-0.2, 0) is 0 Å². The molecule has 0 aliphatic carbocycles. The van der Waals surface area contributed by atoms with Gasteiger partial charge in [0.25, 0.3) is 0 Å².